The molecule has 0 amide bonds. The molecule has 0 radical (unpaired) electrons. The number of aryl methyl sites for hydroxylation is 1. The zero-order chi connectivity index (χ0) is 8.65. The Bertz CT molecular complexity index is 258. The summed E-state index contributed by atoms with van der Waals surface area (Å²) in [5.74, 6) is 0.773. The van der Waals surface area contributed by atoms with Crippen molar-refractivity contribution in [3.05, 3.63) is 11.5 Å². The fraction of sp³-hybridized carbons (Fsp3) is 0.625. The van der Waals surface area contributed by atoms with Gasteiger partial charge in [-0.1, -0.05) is 25.9 Å². The largest absolute Gasteiger partial charge is 0.394 e. The molecule has 2 N–H and O–H groups in total. The van der Waals surface area contributed by atoms with Gasteiger partial charge in [0, 0.05) is 5.41 Å². The van der Waals surface area contributed by atoms with E-state index >= 15 is 0 Å². The molecule has 3 nitrogen and oxygen atoms in total. The second-order valence-corrected chi connectivity index (χ2v) is 3.76. The predicted octanol–water partition coefficient (Wildman–Crippen LogP) is 1.86. The van der Waals surface area contributed by atoms with E-state index in [-0.39, 0.29) is 5.41 Å². The normalized spacial score (nSPS) is 12.0. The molecule has 1 rings (SSSR count). The van der Waals surface area contributed by atoms with Gasteiger partial charge in [0.05, 0.1) is 5.69 Å². The first-order chi connectivity index (χ1) is 4.93. The Morgan fingerprint density at radius 3 is 2.09 bits per heavy atom. The number of aromatic nitrogens is 1. The summed E-state index contributed by atoms with van der Waals surface area (Å²) in [4.78, 5) is 0. The summed E-state index contributed by atoms with van der Waals surface area (Å²) in [7, 11) is 0. The summed E-state index contributed by atoms with van der Waals surface area (Å²) < 4.78 is 5.08. The lowest BCUT2D eigenvalue weighted by molar-refractivity contribution is 0.328. The number of rotatable bonds is 0. The first-order valence-electron chi connectivity index (χ1n) is 3.65. The molecule has 0 unspecified atom stereocenters. The van der Waals surface area contributed by atoms with E-state index in [4.69, 9.17) is 10.3 Å². The van der Waals surface area contributed by atoms with E-state index in [0.29, 0.717) is 5.69 Å². The summed E-state index contributed by atoms with van der Waals surface area (Å²) >= 11 is 0. The molecule has 0 atom stereocenters. The van der Waals surface area contributed by atoms with Gasteiger partial charge in [-0.2, -0.15) is 0 Å². The summed E-state index contributed by atoms with van der Waals surface area (Å²) in [6.07, 6.45) is 0. The van der Waals surface area contributed by atoms with Crippen LogP contribution in [0, 0.1) is 6.92 Å². The van der Waals surface area contributed by atoms with E-state index in [9.17, 15) is 0 Å². The van der Waals surface area contributed by atoms with Crippen molar-refractivity contribution in [1.29, 1.82) is 0 Å². The maximum absolute atomic E-state index is 5.73. The maximum atomic E-state index is 5.73. The Morgan fingerprint density at radius 1 is 1.36 bits per heavy atom. The van der Waals surface area contributed by atoms with E-state index < -0.39 is 0 Å². The fourth-order valence-electron chi connectivity index (χ4n) is 0.918. The van der Waals surface area contributed by atoms with Gasteiger partial charge in [-0.15, -0.1) is 0 Å². The number of nitrogen functional groups attached to an aromatic ring is 1. The van der Waals surface area contributed by atoms with Crippen molar-refractivity contribution in [3.63, 3.8) is 0 Å². The molecule has 0 bridgehead atoms. The molecule has 1 heterocycles. The van der Waals surface area contributed by atoms with E-state index in [1.807, 2.05) is 27.7 Å². The average molecular weight is 154 g/mol. The number of hydrogen-bond acceptors (Lipinski definition) is 3. The topological polar surface area (TPSA) is 52.0 Å². The Labute approximate surface area is 66.6 Å². The number of nitrogens with two attached hydrogens (primary N) is 1. The van der Waals surface area contributed by atoms with Gasteiger partial charge < -0.3 is 10.3 Å². The van der Waals surface area contributed by atoms with Crippen LogP contribution < -0.4 is 5.73 Å². The molecular formula is C8H14N2O. The molecule has 3 heteroatoms. The molecule has 0 aliphatic heterocycles. The minimum absolute atomic E-state index is 0.0503. The molecule has 11 heavy (non-hydrogen) atoms. The number of anilines is 1. The Hall–Kier alpha value is -0.990. The van der Waals surface area contributed by atoms with Gasteiger partial charge >= 0.3 is 0 Å². The zero-order valence-corrected chi connectivity index (χ0v) is 7.43. The van der Waals surface area contributed by atoms with Crippen molar-refractivity contribution in [2.24, 2.45) is 0 Å². The van der Waals surface area contributed by atoms with Crippen LogP contribution >= 0.6 is 0 Å². The first-order valence-corrected chi connectivity index (χ1v) is 3.65. The lowest BCUT2D eigenvalue weighted by Crippen LogP contribution is -2.12. The standard InChI is InChI=1S/C8H14N2O/c1-5-6(9)7(11-10-5)8(2,3)4/h9H2,1-4H3. The van der Waals surface area contributed by atoms with E-state index in [1.54, 1.807) is 0 Å². The number of hydrogen-bond donors (Lipinski definition) is 1. The zero-order valence-electron chi connectivity index (χ0n) is 7.43. The van der Waals surface area contributed by atoms with Crippen LogP contribution in [0.15, 0.2) is 4.52 Å². The molecular weight excluding hydrogens is 140 g/mol. The van der Waals surface area contributed by atoms with Gasteiger partial charge in [0.2, 0.25) is 0 Å². The van der Waals surface area contributed by atoms with Crippen molar-refractivity contribution < 1.29 is 4.52 Å². The highest BCUT2D eigenvalue weighted by Crippen LogP contribution is 2.29. The van der Waals surface area contributed by atoms with Crippen LogP contribution in [0.1, 0.15) is 32.2 Å². The van der Waals surface area contributed by atoms with Gasteiger partial charge in [-0.05, 0) is 6.92 Å². The van der Waals surface area contributed by atoms with Crippen LogP contribution in [0.2, 0.25) is 0 Å². The highest BCUT2D eigenvalue weighted by molar-refractivity contribution is 5.47. The minimum Gasteiger partial charge on any atom is -0.394 e. The average Bonchev–Trinajstić information content (AvgIpc) is 2.11. The van der Waals surface area contributed by atoms with Crippen molar-refractivity contribution in [3.8, 4) is 0 Å². The van der Waals surface area contributed by atoms with Gasteiger partial charge in [-0.25, -0.2) is 0 Å². The SMILES string of the molecule is Cc1noc(C(C)(C)C)c1N. The van der Waals surface area contributed by atoms with Crippen LogP contribution in [0.5, 0.6) is 0 Å². The molecule has 0 fully saturated rings. The first kappa shape index (κ1) is 8.11. The third-order valence-corrected chi connectivity index (χ3v) is 1.59. The molecule has 0 aliphatic carbocycles. The number of nitrogens with zero attached hydrogens (tertiary/aromatic N) is 1. The summed E-state index contributed by atoms with van der Waals surface area (Å²) in [5.41, 5.74) is 7.13. The third-order valence-electron chi connectivity index (χ3n) is 1.59. The highest BCUT2D eigenvalue weighted by atomic mass is 16.5. The quantitative estimate of drug-likeness (QED) is 0.620. The van der Waals surface area contributed by atoms with Crippen LogP contribution in [-0.2, 0) is 5.41 Å². The minimum atomic E-state index is -0.0503. The summed E-state index contributed by atoms with van der Waals surface area (Å²) in [5, 5.41) is 3.78. The van der Waals surface area contributed by atoms with Crippen LogP contribution in [0.4, 0.5) is 5.69 Å². The van der Waals surface area contributed by atoms with Crippen molar-refractivity contribution in [2.45, 2.75) is 33.1 Å². The van der Waals surface area contributed by atoms with E-state index in [1.165, 1.54) is 0 Å². The maximum Gasteiger partial charge on any atom is 0.165 e. The molecule has 0 aromatic carbocycles. The smallest absolute Gasteiger partial charge is 0.165 e. The Balaban J connectivity index is 3.15. The summed E-state index contributed by atoms with van der Waals surface area (Å²) in [6.45, 7) is 7.98. The Morgan fingerprint density at radius 2 is 1.91 bits per heavy atom. The van der Waals surface area contributed by atoms with Gasteiger partial charge in [-0.3, -0.25) is 0 Å². The van der Waals surface area contributed by atoms with Gasteiger partial charge in [0.25, 0.3) is 0 Å². The monoisotopic (exact) mass is 154 g/mol. The lowest BCUT2D eigenvalue weighted by atomic mass is 9.92. The van der Waals surface area contributed by atoms with Crippen LogP contribution in [0.3, 0.4) is 0 Å². The lowest BCUT2D eigenvalue weighted by Gasteiger charge is -2.13. The van der Waals surface area contributed by atoms with Gasteiger partial charge in [0.15, 0.2) is 5.76 Å². The second-order valence-electron chi connectivity index (χ2n) is 3.76. The fourth-order valence-corrected chi connectivity index (χ4v) is 0.918. The second kappa shape index (κ2) is 2.26. The molecule has 0 saturated heterocycles. The molecule has 1 aromatic heterocycles. The van der Waals surface area contributed by atoms with Crippen LogP contribution in [-0.4, -0.2) is 5.16 Å². The van der Waals surface area contributed by atoms with Gasteiger partial charge in [0.1, 0.15) is 5.69 Å². The Kier molecular flexibility index (Phi) is 1.66. The van der Waals surface area contributed by atoms with Crippen molar-refractivity contribution in [2.75, 3.05) is 5.73 Å². The molecule has 0 saturated carbocycles. The van der Waals surface area contributed by atoms with E-state index in [0.717, 1.165) is 11.5 Å². The van der Waals surface area contributed by atoms with Crippen molar-refractivity contribution in [1.82, 2.24) is 5.16 Å². The van der Waals surface area contributed by atoms with Crippen molar-refractivity contribution >= 4 is 5.69 Å². The summed E-state index contributed by atoms with van der Waals surface area (Å²) in [6, 6.07) is 0. The van der Waals surface area contributed by atoms with Crippen LogP contribution in [0.25, 0.3) is 0 Å². The third kappa shape index (κ3) is 1.37. The van der Waals surface area contributed by atoms with E-state index in [2.05, 4.69) is 5.16 Å². The molecule has 0 spiro atoms. The molecule has 1 aromatic rings. The predicted molar refractivity (Wildman–Crippen MR) is 44.4 cm³/mol. The highest BCUT2D eigenvalue weighted by Gasteiger charge is 2.23. The molecule has 62 valence electrons. The molecule has 0 aliphatic rings.